The smallest absolute Gasteiger partial charge is 0.347 e. The van der Waals surface area contributed by atoms with E-state index in [0.29, 0.717) is 0 Å². The van der Waals surface area contributed by atoms with Crippen LogP contribution in [-0.2, 0) is 10.1 Å². The lowest BCUT2D eigenvalue weighted by molar-refractivity contribution is -0.387. The fraction of sp³-hybridized carbons (Fsp3) is 0. The summed E-state index contributed by atoms with van der Waals surface area (Å²) >= 11 is 0. The van der Waals surface area contributed by atoms with Crippen LogP contribution in [0, 0.1) is 10.1 Å². The molecule has 21 heavy (non-hydrogen) atoms. The maximum absolute atomic E-state index is 12.1. The summed E-state index contributed by atoms with van der Waals surface area (Å²) in [6.07, 6.45) is 1.00. The molecule has 1 amide bonds. The first-order chi connectivity index (χ1) is 9.83. The van der Waals surface area contributed by atoms with Crippen LogP contribution in [0.15, 0.2) is 35.5 Å². The Hall–Kier alpha value is -2.95. The standard InChI is InChI=1S/C10H8N4O6S/c11-9(15)8-10(13-5-12-8)20-21(18,19)7-4-2-1-3-6(7)14(16)17/h1-5H,(H2,11,15)(H,12,13). The summed E-state index contributed by atoms with van der Waals surface area (Å²) in [7, 11) is -4.55. The van der Waals surface area contributed by atoms with Crippen LogP contribution in [0.5, 0.6) is 5.88 Å². The third-order valence-electron chi connectivity index (χ3n) is 2.37. The summed E-state index contributed by atoms with van der Waals surface area (Å²) in [5.74, 6) is -1.57. The van der Waals surface area contributed by atoms with Gasteiger partial charge in [0.05, 0.1) is 11.3 Å². The molecule has 0 atom stereocenters. The molecule has 0 aliphatic carbocycles. The molecule has 1 heterocycles. The third-order valence-corrected chi connectivity index (χ3v) is 3.63. The van der Waals surface area contributed by atoms with Crippen LogP contribution >= 0.6 is 0 Å². The number of nitro benzene ring substituents is 1. The van der Waals surface area contributed by atoms with Gasteiger partial charge < -0.3 is 14.9 Å². The highest BCUT2D eigenvalue weighted by Crippen LogP contribution is 2.26. The molecule has 0 unspecified atom stereocenters. The van der Waals surface area contributed by atoms with Gasteiger partial charge in [-0.2, -0.15) is 8.42 Å². The molecule has 0 saturated heterocycles. The minimum absolute atomic E-state index is 0.364. The first-order valence-electron chi connectivity index (χ1n) is 5.34. The molecule has 1 aromatic heterocycles. The van der Waals surface area contributed by atoms with Crippen molar-refractivity contribution in [3.63, 3.8) is 0 Å². The van der Waals surface area contributed by atoms with Gasteiger partial charge >= 0.3 is 10.1 Å². The van der Waals surface area contributed by atoms with Crippen LogP contribution < -0.4 is 9.92 Å². The molecule has 10 nitrogen and oxygen atoms in total. The summed E-state index contributed by atoms with van der Waals surface area (Å²) in [5.41, 5.74) is 3.98. The third kappa shape index (κ3) is 2.81. The highest BCUT2D eigenvalue weighted by molar-refractivity contribution is 7.87. The van der Waals surface area contributed by atoms with Gasteiger partial charge in [0.25, 0.3) is 17.5 Å². The van der Waals surface area contributed by atoms with E-state index in [1.54, 1.807) is 0 Å². The minimum atomic E-state index is -4.55. The van der Waals surface area contributed by atoms with E-state index >= 15 is 0 Å². The van der Waals surface area contributed by atoms with Crippen molar-refractivity contribution < 1.29 is 22.3 Å². The molecule has 0 aliphatic heterocycles. The number of hydrogen-bond acceptors (Lipinski definition) is 7. The molecule has 2 rings (SSSR count). The molecular weight excluding hydrogens is 304 g/mol. The van der Waals surface area contributed by atoms with Crippen molar-refractivity contribution in [3.8, 4) is 5.88 Å². The first-order valence-corrected chi connectivity index (χ1v) is 6.75. The number of para-hydroxylation sites is 1. The van der Waals surface area contributed by atoms with Crippen molar-refractivity contribution >= 4 is 21.7 Å². The van der Waals surface area contributed by atoms with Gasteiger partial charge in [-0.15, -0.1) is 0 Å². The number of aromatic nitrogens is 2. The number of nitrogens with zero attached hydrogens (tertiary/aromatic N) is 2. The van der Waals surface area contributed by atoms with E-state index < -0.39 is 37.4 Å². The van der Waals surface area contributed by atoms with Crippen molar-refractivity contribution in [1.29, 1.82) is 0 Å². The van der Waals surface area contributed by atoms with Gasteiger partial charge in [-0.3, -0.25) is 14.9 Å². The zero-order chi connectivity index (χ0) is 15.6. The predicted octanol–water partition coefficient (Wildman–Crippen LogP) is 0.184. The Morgan fingerprint density at radius 1 is 1.38 bits per heavy atom. The largest absolute Gasteiger partial charge is 0.364 e. The molecule has 0 aliphatic rings. The van der Waals surface area contributed by atoms with Gasteiger partial charge in [-0.1, -0.05) is 12.1 Å². The fourth-order valence-electron chi connectivity index (χ4n) is 1.49. The molecular formula is C10H8N4O6S. The highest BCUT2D eigenvalue weighted by atomic mass is 32.2. The number of amides is 1. The number of H-pyrrole nitrogens is 1. The Kier molecular flexibility index (Phi) is 3.58. The lowest BCUT2D eigenvalue weighted by Gasteiger charge is -2.05. The van der Waals surface area contributed by atoms with Crippen LogP contribution in [0.2, 0.25) is 0 Å². The fourth-order valence-corrected chi connectivity index (χ4v) is 2.56. The highest BCUT2D eigenvalue weighted by Gasteiger charge is 2.29. The zero-order valence-corrected chi connectivity index (χ0v) is 11.0. The summed E-state index contributed by atoms with van der Waals surface area (Å²) in [6, 6.07) is 4.61. The molecule has 2 aromatic rings. The van der Waals surface area contributed by atoms with Crippen LogP contribution in [0.25, 0.3) is 0 Å². The van der Waals surface area contributed by atoms with E-state index in [4.69, 9.17) is 5.73 Å². The van der Waals surface area contributed by atoms with Crippen LogP contribution in [0.3, 0.4) is 0 Å². The monoisotopic (exact) mass is 312 g/mol. The Morgan fingerprint density at radius 2 is 2.05 bits per heavy atom. The summed E-state index contributed by atoms with van der Waals surface area (Å²) < 4.78 is 28.8. The SMILES string of the molecule is NC(=O)c1[nH]cnc1OS(=O)(=O)c1ccccc1[N+](=O)[O-]. The number of imidazole rings is 1. The molecule has 0 saturated carbocycles. The molecule has 3 N–H and O–H groups in total. The summed E-state index contributed by atoms with van der Waals surface area (Å²) in [5, 5.41) is 10.8. The van der Waals surface area contributed by atoms with E-state index in [0.717, 1.165) is 18.5 Å². The van der Waals surface area contributed by atoms with E-state index in [1.165, 1.54) is 12.1 Å². The van der Waals surface area contributed by atoms with E-state index in [9.17, 15) is 23.3 Å². The average molecular weight is 312 g/mol. The Bertz CT molecular complexity index is 812. The number of rotatable bonds is 5. The minimum Gasteiger partial charge on any atom is -0.364 e. The van der Waals surface area contributed by atoms with Gasteiger partial charge in [0.15, 0.2) is 10.6 Å². The second-order valence-electron chi connectivity index (χ2n) is 3.71. The van der Waals surface area contributed by atoms with Crippen molar-refractivity contribution in [2.45, 2.75) is 4.90 Å². The van der Waals surface area contributed by atoms with E-state index in [2.05, 4.69) is 14.2 Å². The zero-order valence-electron chi connectivity index (χ0n) is 10.2. The number of carbonyl (C=O) groups excluding carboxylic acids is 1. The maximum Gasteiger partial charge on any atom is 0.347 e. The topological polar surface area (TPSA) is 158 Å². The lowest BCUT2D eigenvalue weighted by Crippen LogP contribution is -2.17. The van der Waals surface area contributed by atoms with Gasteiger partial charge in [-0.05, 0) is 6.07 Å². The molecule has 11 heteroatoms. The molecule has 1 aromatic carbocycles. The maximum atomic E-state index is 12.1. The van der Waals surface area contributed by atoms with Gasteiger partial charge in [0, 0.05) is 6.07 Å². The summed E-state index contributed by atoms with van der Waals surface area (Å²) in [6.45, 7) is 0. The number of carbonyl (C=O) groups is 1. The van der Waals surface area contributed by atoms with E-state index in [-0.39, 0.29) is 5.69 Å². The van der Waals surface area contributed by atoms with E-state index in [1.807, 2.05) is 0 Å². The average Bonchev–Trinajstić information content (AvgIpc) is 2.86. The van der Waals surface area contributed by atoms with Crippen molar-refractivity contribution in [2.24, 2.45) is 5.73 Å². The number of aromatic amines is 1. The Morgan fingerprint density at radius 3 is 2.67 bits per heavy atom. The Labute approximate surface area is 117 Å². The summed E-state index contributed by atoms with van der Waals surface area (Å²) in [4.78, 5) is 26.2. The lowest BCUT2D eigenvalue weighted by atomic mass is 10.3. The van der Waals surface area contributed by atoms with Gasteiger partial charge in [0.2, 0.25) is 0 Å². The number of benzene rings is 1. The first kappa shape index (κ1) is 14.5. The van der Waals surface area contributed by atoms with Crippen LogP contribution in [0.4, 0.5) is 5.69 Å². The molecule has 0 spiro atoms. The number of nitrogens with two attached hydrogens (primary N) is 1. The second-order valence-corrected chi connectivity index (χ2v) is 5.22. The Balaban J connectivity index is 2.47. The van der Waals surface area contributed by atoms with Gasteiger partial charge in [-0.25, -0.2) is 4.98 Å². The number of nitro groups is 1. The van der Waals surface area contributed by atoms with Crippen LogP contribution in [-0.4, -0.2) is 29.2 Å². The number of primary amides is 1. The molecule has 110 valence electrons. The second kappa shape index (κ2) is 5.20. The quantitative estimate of drug-likeness (QED) is 0.452. The predicted molar refractivity (Wildman–Crippen MR) is 68.0 cm³/mol. The molecule has 0 bridgehead atoms. The number of nitrogens with one attached hydrogen (secondary N) is 1. The van der Waals surface area contributed by atoms with Crippen molar-refractivity contribution in [1.82, 2.24) is 9.97 Å². The van der Waals surface area contributed by atoms with Crippen molar-refractivity contribution in [2.75, 3.05) is 0 Å². The molecule has 0 fully saturated rings. The van der Waals surface area contributed by atoms with Crippen molar-refractivity contribution in [3.05, 3.63) is 46.4 Å². The number of hydrogen-bond donors (Lipinski definition) is 2. The normalized spacial score (nSPS) is 11.0. The van der Waals surface area contributed by atoms with Crippen LogP contribution in [0.1, 0.15) is 10.5 Å². The van der Waals surface area contributed by atoms with Gasteiger partial charge in [0.1, 0.15) is 0 Å². The molecule has 0 radical (unpaired) electrons.